The van der Waals surface area contributed by atoms with E-state index in [2.05, 4.69) is 27.7 Å². The van der Waals surface area contributed by atoms with Crippen molar-refractivity contribution in [2.75, 3.05) is 0 Å². The van der Waals surface area contributed by atoms with Crippen molar-refractivity contribution in [2.24, 2.45) is 7.05 Å². The molecule has 0 N–H and O–H groups in total. The van der Waals surface area contributed by atoms with Crippen molar-refractivity contribution in [1.82, 2.24) is 19.7 Å². The van der Waals surface area contributed by atoms with Gasteiger partial charge in [0.25, 0.3) is 0 Å². The molecule has 0 aliphatic heterocycles. The third kappa shape index (κ3) is 0.883. The van der Waals surface area contributed by atoms with Gasteiger partial charge in [0.1, 0.15) is 11.4 Å². The van der Waals surface area contributed by atoms with Gasteiger partial charge in [-0.05, 0) is 0 Å². The minimum atomic E-state index is 0.670. The lowest BCUT2D eigenvalue weighted by molar-refractivity contribution is 0.784. The number of fused-ring (bicyclic) bond motifs is 1. The van der Waals surface area contributed by atoms with E-state index in [1.54, 1.807) is 10.9 Å². The topological polar surface area (TPSA) is 43.6 Å². The van der Waals surface area contributed by atoms with E-state index in [9.17, 15) is 0 Å². The third-order valence-electron chi connectivity index (χ3n) is 1.51. The Morgan fingerprint density at radius 2 is 2.27 bits per heavy atom. The van der Waals surface area contributed by atoms with Gasteiger partial charge in [0.05, 0.1) is 11.6 Å². The second-order valence-corrected chi connectivity index (χ2v) is 2.63. The maximum atomic E-state index is 4.16. The smallest absolute Gasteiger partial charge is 0.162 e. The van der Waals surface area contributed by atoms with E-state index in [4.69, 9.17) is 0 Å². The Morgan fingerprint density at radius 3 is 3.00 bits per heavy atom. The summed E-state index contributed by atoms with van der Waals surface area (Å²) in [7, 11) is 1.84. The molecule has 0 fully saturated rings. The Hall–Kier alpha value is -1.10. The lowest BCUT2D eigenvalue weighted by Crippen LogP contribution is -1.91. The molecule has 2 aromatic rings. The van der Waals surface area contributed by atoms with Gasteiger partial charge in [-0.2, -0.15) is 5.10 Å². The van der Waals surface area contributed by atoms with Gasteiger partial charge >= 0.3 is 0 Å². The number of thiol groups is 1. The second-order valence-electron chi connectivity index (χ2n) is 2.20. The normalized spacial score (nSPS) is 10.7. The fourth-order valence-electron chi connectivity index (χ4n) is 0.950. The zero-order valence-electron chi connectivity index (χ0n) is 5.89. The van der Waals surface area contributed by atoms with E-state index < -0.39 is 0 Å². The lowest BCUT2D eigenvalue weighted by atomic mass is 10.4. The average Bonchev–Trinajstić information content (AvgIpc) is 2.35. The largest absolute Gasteiger partial charge is 0.250 e. The van der Waals surface area contributed by atoms with Crippen molar-refractivity contribution in [3.05, 3.63) is 12.5 Å². The van der Waals surface area contributed by atoms with Crippen LogP contribution >= 0.6 is 12.6 Å². The minimum absolute atomic E-state index is 0.670. The van der Waals surface area contributed by atoms with Crippen molar-refractivity contribution in [3.8, 4) is 0 Å². The van der Waals surface area contributed by atoms with Gasteiger partial charge in [-0.15, -0.1) is 12.6 Å². The molecule has 0 aliphatic carbocycles. The first-order valence-electron chi connectivity index (χ1n) is 3.10. The molecular weight excluding hydrogens is 160 g/mol. The zero-order chi connectivity index (χ0) is 7.84. The first kappa shape index (κ1) is 6.60. The van der Waals surface area contributed by atoms with Gasteiger partial charge in [0.2, 0.25) is 0 Å². The summed E-state index contributed by atoms with van der Waals surface area (Å²) < 4.78 is 1.69. The maximum Gasteiger partial charge on any atom is 0.162 e. The Labute approximate surface area is 68.7 Å². The molecule has 56 valence electrons. The average molecular weight is 166 g/mol. The molecule has 0 saturated carbocycles. The van der Waals surface area contributed by atoms with E-state index in [-0.39, 0.29) is 0 Å². The third-order valence-corrected chi connectivity index (χ3v) is 1.86. The number of rotatable bonds is 0. The standard InChI is InChI=1S/C6H6N4S/c1-10-5-4(2-9-10)6(11)8-3-7-5/h2-3H,1H3,(H,7,8,11). The molecule has 0 aromatic carbocycles. The van der Waals surface area contributed by atoms with Crippen LogP contribution in [-0.4, -0.2) is 19.7 Å². The predicted molar refractivity (Wildman–Crippen MR) is 43.6 cm³/mol. The van der Waals surface area contributed by atoms with Gasteiger partial charge in [0, 0.05) is 7.05 Å². The Morgan fingerprint density at radius 1 is 1.45 bits per heavy atom. The van der Waals surface area contributed by atoms with Crippen LogP contribution in [0.4, 0.5) is 0 Å². The molecular formula is C6H6N4S. The van der Waals surface area contributed by atoms with Crippen molar-refractivity contribution in [2.45, 2.75) is 5.03 Å². The summed E-state index contributed by atoms with van der Waals surface area (Å²) in [6, 6.07) is 0. The number of nitrogens with zero attached hydrogens (tertiary/aromatic N) is 4. The van der Waals surface area contributed by atoms with Gasteiger partial charge < -0.3 is 0 Å². The monoisotopic (exact) mass is 166 g/mol. The molecule has 0 aliphatic rings. The Kier molecular flexibility index (Phi) is 1.32. The molecule has 0 saturated heterocycles. The van der Waals surface area contributed by atoms with Crippen molar-refractivity contribution >= 4 is 23.7 Å². The highest BCUT2D eigenvalue weighted by atomic mass is 32.1. The first-order chi connectivity index (χ1) is 5.29. The van der Waals surface area contributed by atoms with Crippen LogP contribution in [0.3, 0.4) is 0 Å². The van der Waals surface area contributed by atoms with Crippen LogP contribution in [0.1, 0.15) is 0 Å². The first-order valence-corrected chi connectivity index (χ1v) is 3.55. The highest BCUT2D eigenvalue weighted by Crippen LogP contribution is 2.15. The predicted octanol–water partition coefficient (Wildman–Crippen LogP) is 0.652. The van der Waals surface area contributed by atoms with E-state index in [1.165, 1.54) is 6.33 Å². The summed E-state index contributed by atoms with van der Waals surface area (Å²) in [5.74, 6) is 0. The number of aryl methyl sites for hydroxylation is 1. The van der Waals surface area contributed by atoms with Crippen LogP contribution < -0.4 is 0 Å². The molecule has 2 rings (SSSR count). The number of hydrogen-bond acceptors (Lipinski definition) is 4. The molecule has 0 bridgehead atoms. The molecule has 0 amide bonds. The van der Waals surface area contributed by atoms with Gasteiger partial charge in [0.15, 0.2) is 5.65 Å². The van der Waals surface area contributed by atoms with Crippen LogP contribution in [0.15, 0.2) is 17.6 Å². The molecule has 2 heterocycles. The van der Waals surface area contributed by atoms with E-state index in [0.29, 0.717) is 5.03 Å². The molecule has 2 aromatic heterocycles. The maximum absolute atomic E-state index is 4.16. The number of hydrogen-bond donors (Lipinski definition) is 1. The van der Waals surface area contributed by atoms with E-state index in [1.807, 2.05) is 7.05 Å². The zero-order valence-corrected chi connectivity index (χ0v) is 6.79. The fourth-order valence-corrected chi connectivity index (χ4v) is 1.16. The second kappa shape index (κ2) is 2.20. The summed E-state index contributed by atoms with van der Waals surface area (Å²) in [6.45, 7) is 0. The van der Waals surface area contributed by atoms with Crippen molar-refractivity contribution in [3.63, 3.8) is 0 Å². The summed E-state index contributed by atoms with van der Waals surface area (Å²) >= 11 is 4.16. The van der Waals surface area contributed by atoms with Crippen LogP contribution in [0.5, 0.6) is 0 Å². The van der Waals surface area contributed by atoms with Crippen LogP contribution in [0.2, 0.25) is 0 Å². The van der Waals surface area contributed by atoms with Crippen LogP contribution in [0, 0.1) is 0 Å². The number of aromatic nitrogens is 4. The molecule has 0 atom stereocenters. The van der Waals surface area contributed by atoms with E-state index in [0.717, 1.165) is 11.0 Å². The molecule has 5 heteroatoms. The molecule has 0 unspecified atom stereocenters. The van der Waals surface area contributed by atoms with Gasteiger partial charge in [-0.3, -0.25) is 4.68 Å². The van der Waals surface area contributed by atoms with Gasteiger partial charge in [-0.1, -0.05) is 0 Å². The SMILES string of the molecule is Cn1ncc2c(S)ncnc21. The van der Waals surface area contributed by atoms with E-state index >= 15 is 0 Å². The molecule has 0 radical (unpaired) electrons. The summed E-state index contributed by atoms with van der Waals surface area (Å²) in [6.07, 6.45) is 3.18. The molecule has 0 spiro atoms. The Bertz CT molecular complexity index is 394. The highest BCUT2D eigenvalue weighted by Gasteiger charge is 2.02. The minimum Gasteiger partial charge on any atom is -0.250 e. The quantitative estimate of drug-likeness (QED) is 0.461. The van der Waals surface area contributed by atoms with Crippen molar-refractivity contribution < 1.29 is 0 Å². The Balaban J connectivity index is 2.94. The summed E-state index contributed by atoms with van der Waals surface area (Å²) in [5.41, 5.74) is 0.810. The molecule has 11 heavy (non-hydrogen) atoms. The summed E-state index contributed by atoms with van der Waals surface area (Å²) in [4.78, 5) is 7.96. The summed E-state index contributed by atoms with van der Waals surface area (Å²) in [5, 5.41) is 5.58. The van der Waals surface area contributed by atoms with Gasteiger partial charge in [-0.25, -0.2) is 9.97 Å². The van der Waals surface area contributed by atoms with Crippen molar-refractivity contribution in [1.29, 1.82) is 0 Å². The lowest BCUT2D eigenvalue weighted by Gasteiger charge is -1.92. The van der Waals surface area contributed by atoms with Crippen LogP contribution in [0.25, 0.3) is 11.0 Å². The molecule has 4 nitrogen and oxygen atoms in total. The fraction of sp³-hybridized carbons (Fsp3) is 0.167. The van der Waals surface area contributed by atoms with Crippen LogP contribution in [-0.2, 0) is 7.05 Å². The highest BCUT2D eigenvalue weighted by molar-refractivity contribution is 7.80.